The first kappa shape index (κ1) is 26.2. The molecule has 9 rings (SSSR count). The second-order valence-electron chi connectivity index (χ2n) is 11.7. The second-order valence-corrected chi connectivity index (χ2v) is 11.7. The zero-order chi connectivity index (χ0) is 30.8. The first-order valence-corrected chi connectivity index (χ1v) is 15.3. The van der Waals surface area contributed by atoms with E-state index in [-0.39, 0.29) is 5.56 Å². The highest BCUT2D eigenvalue weighted by molar-refractivity contribution is 6.25. The molecule has 46 heavy (non-hydrogen) atoms. The van der Waals surface area contributed by atoms with Crippen LogP contribution in [0.15, 0.2) is 150 Å². The molecular weight excluding hydrogens is 565 g/mol. The van der Waals surface area contributed by atoms with Gasteiger partial charge in [0.15, 0.2) is 0 Å². The SMILES string of the molecule is N#Cc1ccc(-c2c3ccccc3c(-c3ccc(-c4ccc5ccccc5c4)c4c3oc3ccccc34)c3ccccc23)cc1F. The number of benzene rings is 8. The zero-order valence-electron chi connectivity index (χ0n) is 24.6. The van der Waals surface area contributed by atoms with Gasteiger partial charge < -0.3 is 4.42 Å². The fourth-order valence-electron chi connectivity index (χ4n) is 7.11. The van der Waals surface area contributed by atoms with Crippen LogP contribution in [0.1, 0.15) is 5.56 Å². The van der Waals surface area contributed by atoms with E-state index < -0.39 is 5.82 Å². The molecule has 0 unspecified atom stereocenters. The van der Waals surface area contributed by atoms with E-state index in [0.717, 1.165) is 76.9 Å². The largest absolute Gasteiger partial charge is 0.455 e. The molecular formula is C43H24FNO. The second kappa shape index (κ2) is 10.2. The van der Waals surface area contributed by atoms with Gasteiger partial charge >= 0.3 is 0 Å². The number of hydrogen-bond donors (Lipinski definition) is 0. The number of nitriles is 1. The number of nitrogens with zero attached hydrogens (tertiary/aromatic N) is 1. The summed E-state index contributed by atoms with van der Waals surface area (Å²) in [4.78, 5) is 0. The minimum atomic E-state index is -0.523. The van der Waals surface area contributed by atoms with Gasteiger partial charge in [0, 0.05) is 21.9 Å². The average Bonchev–Trinajstić information content (AvgIpc) is 3.50. The molecule has 0 fully saturated rings. The summed E-state index contributed by atoms with van der Waals surface area (Å²) >= 11 is 0. The normalized spacial score (nSPS) is 11.6. The molecule has 0 radical (unpaired) electrons. The van der Waals surface area contributed by atoms with Gasteiger partial charge in [-0.25, -0.2) is 4.39 Å². The van der Waals surface area contributed by atoms with Crippen LogP contribution < -0.4 is 0 Å². The predicted molar refractivity (Wildman–Crippen MR) is 187 cm³/mol. The van der Waals surface area contributed by atoms with E-state index in [4.69, 9.17) is 4.42 Å². The van der Waals surface area contributed by atoms with Crippen LogP contribution in [-0.4, -0.2) is 0 Å². The molecule has 0 aliphatic heterocycles. The van der Waals surface area contributed by atoms with E-state index in [2.05, 4.69) is 91.0 Å². The standard InChI is InChI=1S/C43H24FNO/c44-38-24-29(19-20-30(38)25-45)40-32-11-3-5-13-34(32)41(35-14-6-4-12-33(35)40)37-22-21-31(28-18-17-26-9-1-2-10-27(26)23-28)42-36-15-7-8-16-39(36)46-43(37)42/h1-24H. The molecule has 9 aromatic rings. The molecule has 0 amide bonds. The van der Waals surface area contributed by atoms with Crippen molar-refractivity contribution >= 4 is 54.3 Å². The van der Waals surface area contributed by atoms with Crippen LogP contribution in [0.5, 0.6) is 0 Å². The van der Waals surface area contributed by atoms with Crippen LogP contribution in [0, 0.1) is 17.1 Å². The third-order valence-corrected chi connectivity index (χ3v) is 9.17. The van der Waals surface area contributed by atoms with Crippen molar-refractivity contribution in [3.8, 4) is 39.4 Å². The summed E-state index contributed by atoms with van der Waals surface area (Å²) in [5.74, 6) is -0.523. The van der Waals surface area contributed by atoms with Crippen LogP contribution in [0.2, 0.25) is 0 Å². The minimum Gasteiger partial charge on any atom is -0.455 e. The van der Waals surface area contributed by atoms with Gasteiger partial charge in [-0.2, -0.15) is 5.26 Å². The summed E-state index contributed by atoms with van der Waals surface area (Å²) in [6.45, 7) is 0. The smallest absolute Gasteiger partial charge is 0.143 e. The fourth-order valence-corrected chi connectivity index (χ4v) is 7.11. The van der Waals surface area contributed by atoms with Crippen LogP contribution >= 0.6 is 0 Å². The van der Waals surface area contributed by atoms with Gasteiger partial charge in [-0.1, -0.05) is 115 Å². The Labute approximate surface area is 264 Å². The third-order valence-electron chi connectivity index (χ3n) is 9.17. The number of furan rings is 1. The monoisotopic (exact) mass is 589 g/mol. The van der Waals surface area contributed by atoms with E-state index >= 15 is 0 Å². The Hall–Kier alpha value is -6.24. The van der Waals surface area contributed by atoms with E-state index in [1.165, 1.54) is 16.8 Å². The van der Waals surface area contributed by atoms with Crippen LogP contribution in [-0.2, 0) is 0 Å². The minimum absolute atomic E-state index is 0.0350. The van der Waals surface area contributed by atoms with Crippen molar-refractivity contribution in [2.75, 3.05) is 0 Å². The number of halogens is 1. The first-order chi connectivity index (χ1) is 22.7. The summed E-state index contributed by atoms with van der Waals surface area (Å²) in [5, 5.41) is 18.0. The summed E-state index contributed by atoms with van der Waals surface area (Å²) in [5.41, 5.74) is 7.70. The number of hydrogen-bond acceptors (Lipinski definition) is 2. The molecule has 1 aromatic heterocycles. The van der Waals surface area contributed by atoms with E-state index in [9.17, 15) is 9.65 Å². The summed E-state index contributed by atoms with van der Waals surface area (Å²) in [6, 6.07) is 51.1. The Bertz CT molecular complexity index is 2670. The van der Waals surface area contributed by atoms with Gasteiger partial charge in [0.05, 0.1) is 5.56 Å². The molecule has 2 nitrogen and oxygen atoms in total. The van der Waals surface area contributed by atoms with Crippen LogP contribution in [0.4, 0.5) is 4.39 Å². The molecule has 0 saturated carbocycles. The highest BCUT2D eigenvalue weighted by Crippen LogP contribution is 2.48. The maximum atomic E-state index is 15.0. The maximum Gasteiger partial charge on any atom is 0.143 e. The lowest BCUT2D eigenvalue weighted by atomic mass is 9.84. The summed E-state index contributed by atoms with van der Waals surface area (Å²) in [6.07, 6.45) is 0. The molecule has 0 aliphatic rings. The molecule has 0 spiro atoms. The van der Waals surface area contributed by atoms with Gasteiger partial charge in [0.25, 0.3) is 0 Å². The lowest BCUT2D eigenvalue weighted by molar-refractivity contribution is 0.624. The Balaban J connectivity index is 1.39. The topological polar surface area (TPSA) is 36.9 Å². The van der Waals surface area contributed by atoms with Crippen molar-refractivity contribution in [2.24, 2.45) is 0 Å². The summed E-state index contributed by atoms with van der Waals surface area (Å²) in [7, 11) is 0. The Kier molecular flexibility index (Phi) is 5.78. The highest BCUT2D eigenvalue weighted by atomic mass is 19.1. The lowest BCUT2D eigenvalue weighted by Gasteiger charge is -2.18. The van der Waals surface area contributed by atoms with Crippen LogP contribution in [0.25, 0.3) is 87.6 Å². The van der Waals surface area contributed by atoms with Crippen molar-refractivity contribution in [1.29, 1.82) is 5.26 Å². The quantitative estimate of drug-likeness (QED) is 0.192. The molecule has 214 valence electrons. The molecule has 0 saturated heterocycles. The lowest BCUT2D eigenvalue weighted by Crippen LogP contribution is -1.93. The number of fused-ring (bicyclic) bond motifs is 6. The Morgan fingerprint density at radius 3 is 1.78 bits per heavy atom. The molecule has 0 bridgehead atoms. The molecule has 1 heterocycles. The van der Waals surface area contributed by atoms with Gasteiger partial charge in [0.2, 0.25) is 0 Å². The first-order valence-electron chi connectivity index (χ1n) is 15.3. The van der Waals surface area contributed by atoms with Crippen molar-refractivity contribution in [3.63, 3.8) is 0 Å². The van der Waals surface area contributed by atoms with Crippen molar-refractivity contribution < 1.29 is 8.81 Å². The average molecular weight is 590 g/mol. The van der Waals surface area contributed by atoms with Crippen molar-refractivity contribution in [2.45, 2.75) is 0 Å². The predicted octanol–water partition coefficient (Wildman–Crippen LogP) is 12.1. The van der Waals surface area contributed by atoms with Gasteiger partial charge in [-0.15, -0.1) is 0 Å². The van der Waals surface area contributed by atoms with E-state index in [1.807, 2.05) is 48.5 Å². The third kappa shape index (κ3) is 3.87. The summed E-state index contributed by atoms with van der Waals surface area (Å²) < 4.78 is 21.7. The van der Waals surface area contributed by atoms with E-state index in [1.54, 1.807) is 6.07 Å². The molecule has 0 N–H and O–H groups in total. The maximum absolute atomic E-state index is 15.0. The molecule has 3 heteroatoms. The van der Waals surface area contributed by atoms with Crippen LogP contribution in [0.3, 0.4) is 0 Å². The zero-order valence-corrected chi connectivity index (χ0v) is 24.6. The fraction of sp³-hybridized carbons (Fsp3) is 0. The Morgan fingerprint density at radius 2 is 1.09 bits per heavy atom. The number of rotatable bonds is 3. The number of para-hydroxylation sites is 1. The molecule has 8 aromatic carbocycles. The van der Waals surface area contributed by atoms with Gasteiger partial charge in [-0.3, -0.25) is 0 Å². The Morgan fingerprint density at radius 1 is 0.500 bits per heavy atom. The van der Waals surface area contributed by atoms with E-state index in [0.29, 0.717) is 0 Å². The van der Waals surface area contributed by atoms with Crippen molar-refractivity contribution in [1.82, 2.24) is 0 Å². The molecule has 0 aliphatic carbocycles. The molecule has 0 atom stereocenters. The van der Waals surface area contributed by atoms with Crippen molar-refractivity contribution in [3.05, 3.63) is 157 Å². The van der Waals surface area contributed by atoms with Gasteiger partial charge in [0.1, 0.15) is 23.1 Å². The van der Waals surface area contributed by atoms with Gasteiger partial charge in [-0.05, 0) is 84.9 Å². The highest BCUT2D eigenvalue weighted by Gasteiger charge is 2.22.